The molecule has 3 rings (SSSR count). The first-order valence-electron chi connectivity index (χ1n) is 8.01. The van der Waals surface area contributed by atoms with E-state index in [9.17, 15) is 10.1 Å². The zero-order chi connectivity index (χ0) is 15.7. The lowest BCUT2D eigenvalue weighted by Gasteiger charge is -2.39. The Morgan fingerprint density at radius 3 is 2.55 bits per heavy atom. The fourth-order valence-corrected chi connectivity index (χ4v) is 4.20. The molecule has 22 heavy (non-hydrogen) atoms. The third-order valence-corrected chi connectivity index (χ3v) is 5.51. The SMILES string of the molecule is CC1CCCN1C1CCN(c2ccc(Br)cc2[N+](=O)[O-])CC1. The second kappa shape index (κ2) is 6.54. The van der Waals surface area contributed by atoms with Crippen molar-refractivity contribution in [1.29, 1.82) is 0 Å². The van der Waals surface area contributed by atoms with Crippen LogP contribution in [0.1, 0.15) is 32.6 Å². The van der Waals surface area contributed by atoms with Gasteiger partial charge in [-0.3, -0.25) is 15.0 Å². The van der Waals surface area contributed by atoms with Crippen LogP contribution in [0.3, 0.4) is 0 Å². The molecule has 1 aromatic rings. The molecule has 0 amide bonds. The molecule has 1 unspecified atom stereocenters. The van der Waals surface area contributed by atoms with Crippen molar-refractivity contribution in [2.75, 3.05) is 24.5 Å². The van der Waals surface area contributed by atoms with Crippen LogP contribution in [-0.2, 0) is 0 Å². The summed E-state index contributed by atoms with van der Waals surface area (Å²) in [6.45, 7) is 5.33. The minimum absolute atomic E-state index is 0.197. The summed E-state index contributed by atoms with van der Waals surface area (Å²) >= 11 is 3.32. The fourth-order valence-electron chi connectivity index (χ4n) is 3.85. The molecule has 0 aliphatic carbocycles. The molecule has 0 bridgehead atoms. The molecule has 0 radical (unpaired) electrons. The minimum atomic E-state index is -0.283. The largest absolute Gasteiger partial charge is 0.366 e. The van der Waals surface area contributed by atoms with Gasteiger partial charge in [0.25, 0.3) is 5.69 Å². The predicted octanol–water partition coefficient (Wildman–Crippen LogP) is 3.81. The third-order valence-electron chi connectivity index (χ3n) is 5.01. The van der Waals surface area contributed by atoms with Gasteiger partial charge >= 0.3 is 0 Å². The number of likely N-dealkylation sites (tertiary alicyclic amines) is 1. The molecule has 0 aromatic heterocycles. The Labute approximate surface area is 139 Å². The van der Waals surface area contributed by atoms with E-state index in [1.807, 2.05) is 12.1 Å². The smallest absolute Gasteiger partial charge is 0.293 e. The van der Waals surface area contributed by atoms with E-state index in [1.165, 1.54) is 19.4 Å². The average molecular weight is 368 g/mol. The maximum Gasteiger partial charge on any atom is 0.293 e. The highest BCUT2D eigenvalue weighted by atomic mass is 79.9. The number of rotatable bonds is 3. The van der Waals surface area contributed by atoms with Crippen molar-refractivity contribution in [3.63, 3.8) is 0 Å². The Kier molecular flexibility index (Phi) is 4.68. The van der Waals surface area contributed by atoms with Gasteiger partial charge in [-0.25, -0.2) is 0 Å². The monoisotopic (exact) mass is 367 g/mol. The van der Waals surface area contributed by atoms with Crippen molar-refractivity contribution in [3.8, 4) is 0 Å². The van der Waals surface area contributed by atoms with Gasteiger partial charge in [0.1, 0.15) is 5.69 Å². The number of piperidine rings is 1. The van der Waals surface area contributed by atoms with Gasteiger partial charge in [-0.2, -0.15) is 0 Å². The lowest BCUT2D eigenvalue weighted by atomic mass is 10.0. The fraction of sp³-hybridized carbons (Fsp3) is 0.625. The molecule has 2 aliphatic heterocycles. The highest BCUT2D eigenvalue weighted by Gasteiger charge is 2.31. The van der Waals surface area contributed by atoms with Gasteiger partial charge < -0.3 is 4.90 Å². The minimum Gasteiger partial charge on any atom is -0.366 e. The summed E-state index contributed by atoms with van der Waals surface area (Å²) in [6.07, 6.45) is 4.80. The van der Waals surface area contributed by atoms with Crippen LogP contribution >= 0.6 is 15.9 Å². The van der Waals surface area contributed by atoms with Crippen LogP contribution in [0.5, 0.6) is 0 Å². The molecular formula is C16H22BrN3O2. The van der Waals surface area contributed by atoms with E-state index >= 15 is 0 Å². The molecule has 2 aliphatic rings. The van der Waals surface area contributed by atoms with Crippen molar-refractivity contribution < 1.29 is 4.92 Å². The number of nitrogens with zero attached hydrogens (tertiary/aromatic N) is 3. The standard InChI is InChI=1S/C16H22BrN3O2/c1-12-3-2-8-19(12)14-6-9-18(10-7-14)15-5-4-13(17)11-16(15)20(21)22/h4-5,11-12,14H,2-3,6-10H2,1H3. The van der Waals surface area contributed by atoms with E-state index < -0.39 is 0 Å². The topological polar surface area (TPSA) is 49.6 Å². The van der Waals surface area contributed by atoms with Gasteiger partial charge in [0.2, 0.25) is 0 Å². The second-order valence-corrected chi connectivity index (χ2v) is 7.25. The maximum atomic E-state index is 11.3. The van der Waals surface area contributed by atoms with Crippen molar-refractivity contribution >= 4 is 27.3 Å². The highest BCUT2D eigenvalue weighted by molar-refractivity contribution is 9.10. The summed E-state index contributed by atoms with van der Waals surface area (Å²) in [7, 11) is 0. The van der Waals surface area contributed by atoms with Crippen LogP contribution in [-0.4, -0.2) is 41.5 Å². The van der Waals surface area contributed by atoms with Crippen LogP contribution in [0.4, 0.5) is 11.4 Å². The Morgan fingerprint density at radius 2 is 1.95 bits per heavy atom. The van der Waals surface area contributed by atoms with Gasteiger partial charge in [0, 0.05) is 35.7 Å². The molecule has 2 heterocycles. The van der Waals surface area contributed by atoms with E-state index in [-0.39, 0.29) is 10.6 Å². The first-order chi connectivity index (χ1) is 10.6. The van der Waals surface area contributed by atoms with Crippen LogP contribution in [0.25, 0.3) is 0 Å². The first-order valence-corrected chi connectivity index (χ1v) is 8.80. The Morgan fingerprint density at radius 1 is 1.23 bits per heavy atom. The molecule has 1 aromatic carbocycles. The van der Waals surface area contributed by atoms with Gasteiger partial charge in [-0.05, 0) is 51.3 Å². The number of halogens is 1. The molecule has 6 heteroatoms. The van der Waals surface area contributed by atoms with E-state index in [2.05, 4.69) is 32.7 Å². The Balaban J connectivity index is 1.70. The van der Waals surface area contributed by atoms with Crippen molar-refractivity contribution in [2.45, 2.75) is 44.7 Å². The summed E-state index contributed by atoms with van der Waals surface area (Å²) in [6, 6.07) is 6.68. The maximum absolute atomic E-state index is 11.3. The van der Waals surface area contributed by atoms with Crippen LogP contribution in [0, 0.1) is 10.1 Å². The highest BCUT2D eigenvalue weighted by Crippen LogP contribution is 2.34. The molecule has 1 atom stereocenters. The molecule has 5 nitrogen and oxygen atoms in total. The molecule has 0 spiro atoms. The lowest BCUT2D eigenvalue weighted by Crippen LogP contribution is -2.46. The van der Waals surface area contributed by atoms with Gasteiger partial charge in [-0.1, -0.05) is 15.9 Å². The summed E-state index contributed by atoms with van der Waals surface area (Å²) in [4.78, 5) is 15.8. The number of hydrogen-bond acceptors (Lipinski definition) is 4. The van der Waals surface area contributed by atoms with E-state index in [1.54, 1.807) is 6.07 Å². The molecule has 2 saturated heterocycles. The zero-order valence-corrected chi connectivity index (χ0v) is 14.5. The quantitative estimate of drug-likeness (QED) is 0.601. The third kappa shape index (κ3) is 3.13. The summed E-state index contributed by atoms with van der Waals surface area (Å²) in [5.41, 5.74) is 0.948. The number of nitro benzene ring substituents is 1. The summed E-state index contributed by atoms with van der Waals surface area (Å²) in [5.74, 6) is 0. The average Bonchev–Trinajstić information content (AvgIpc) is 2.93. The van der Waals surface area contributed by atoms with Crippen molar-refractivity contribution in [2.24, 2.45) is 0 Å². The van der Waals surface area contributed by atoms with Crippen LogP contribution in [0.2, 0.25) is 0 Å². The van der Waals surface area contributed by atoms with Crippen molar-refractivity contribution in [3.05, 3.63) is 32.8 Å². The Bertz CT molecular complexity index is 558. The second-order valence-electron chi connectivity index (χ2n) is 6.34. The molecule has 0 N–H and O–H groups in total. The summed E-state index contributed by atoms with van der Waals surface area (Å²) < 4.78 is 0.753. The number of nitro groups is 1. The lowest BCUT2D eigenvalue weighted by molar-refractivity contribution is -0.384. The van der Waals surface area contributed by atoms with Crippen LogP contribution < -0.4 is 4.90 Å². The Hall–Kier alpha value is -1.14. The summed E-state index contributed by atoms with van der Waals surface area (Å²) in [5, 5.41) is 11.3. The first kappa shape index (κ1) is 15.7. The van der Waals surface area contributed by atoms with Crippen LogP contribution in [0.15, 0.2) is 22.7 Å². The molecule has 0 saturated carbocycles. The van der Waals surface area contributed by atoms with E-state index in [0.29, 0.717) is 12.1 Å². The number of hydrogen-bond donors (Lipinski definition) is 0. The molecule has 120 valence electrons. The predicted molar refractivity (Wildman–Crippen MR) is 91.4 cm³/mol. The van der Waals surface area contributed by atoms with E-state index in [0.717, 1.165) is 36.1 Å². The van der Waals surface area contributed by atoms with Gasteiger partial charge in [0.15, 0.2) is 0 Å². The zero-order valence-electron chi connectivity index (χ0n) is 12.9. The van der Waals surface area contributed by atoms with Gasteiger partial charge in [0.05, 0.1) is 4.92 Å². The van der Waals surface area contributed by atoms with E-state index in [4.69, 9.17) is 0 Å². The molecule has 2 fully saturated rings. The number of benzene rings is 1. The normalized spacial score (nSPS) is 23.9. The van der Waals surface area contributed by atoms with Crippen molar-refractivity contribution in [1.82, 2.24) is 4.90 Å². The molecular weight excluding hydrogens is 346 g/mol. The van der Waals surface area contributed by atoms with Gasteiger partial charge in [-0.15, -0.1) is 0 Å². The number of anilines is 1.